The van der Waals surface area contributed by atoms with Gasteiger partial charge in [0.25, 0.3) is 0 Å². The Hall–Kier alpha value is -2.53. The molecule has 0 saturated carbocycles. The predicted octanol–water partition coefficient (Wildman–Crippen LogP) is 3.99. The first-order valence-electron chi connectivity index (χ1n) is 7.37. The maximum atomic E-state index is 5.88. The second kappa shape index (κ2) is 7.65. The quantitative estimate of drug-likeness (QED) is 0.686. The van der Waals surface area contributed by atoms with Gasteiger partial charge in [0.15, 0.2) is 0 Å². The molecular formula is C17H17ClN4O. The minimum atomic E-state index is 0.557. The third-order valence-electron chi connectivity index (χ3n) is 3.29. The highest BCUT2D eigenvalue weighted by Gasteiger charge is 2.01. The van der Waals surface area contributed by atoms with Crippen molar-refractivity contribution in [1.82, 2.24) is 9.97 Å². The van der Waals surface area contributed by atoms with E-state index in [4.69, 9.17) is 16.0 Å². The standard InChI is InChI=1S/C17H17ClN4O/c18-14-5-3-13(4-6-14)7-9-19-16-8-10-20-17(22-16)21-12-15-2-1-11-23-15/h1-6,8,10-11H,7,9,12H2,(H2,19,20,21,22). The summed E-state index contributed by atoms with van der Waals surface area (Å²) in [6.45, 7) is 1.34. The molecule has 0 amide bonds. The Balaban J connectivity index is 1.50. The molecule has 2 heterocycles. The molecular weight excluding hydrogens is 312 g/mol. The number of benzene rings is 1. The zero-order valence-electron chi connectivity index (χ0n) is 12.5. The zero-order chi connectivity index (χ0) is 15.9. The van der Waals surface area contributed by atoms with E-state index < -0.39 is 0 Å². The largest absolute Gasteiger partial charge is 0.467 e. The van der Waals surface area contributed by atoms with Gasteiger partial charge in [-0.15, -0.1) is 0 Å². The Kier molecular flexibility index (Phi) is 5.11. The lowest BCUT2D eigenvalue weighted by molar-refractivity contribution is 0.517. The number of rotatable bonds is 7. The van der Waals surface area contributed by atoms with Crippen molar-refractivity contribution in [3.8, 4) is 0 Å². The minimum Gasteiger partial charge on any atom is -0.467 e. The van der Waals surface area contributed by atoms with Crippen LogP contribution in [0.15, 0.2) is 59.3 Å². The Morgan fingerprint density at radius 2 is 1.91 bits per heavy atom. The number of nitrogens with one attached hydrogen (secondary N) is 2. The van der Waals surface area contributed by atoms with Gasteiger partial charge < -0.3 is 15.1 Å². The molecule has 3 rings (SSSR count). The second-order valence-corrected chi connectivity index (χ2v) is 5.44. The smallest absolute Gasteiger partial charge is 0.224 e. The molecule has 0 spiro atoms. The Morgan fingerprint density at radius 3 is 2.70 bits per heavy atom. The molecule has 0 bridgehead atoms. The number of hydrogen-bond acceptors (Lipinski definition) is 5. The van der Waals surface area contributed by atoms with Crippen LogP contribution in [0.25, 0.3) is 0 Å². The molecule has 0 saturated heterocycles. The van der Waals surface area contributed by atoms with Gasteiger partial charge in [-0.2, -0.15) is 4.98 Å². The molecule has 118 valence electrons. The van der Waals surface area contributed by atoms with Crippen LogP contribution in [0.5, 0.6) is 0 Å². The fourth-order valence-electron chi connectivity index (χ4n) is 2.11. The van der Waals surface area contributed by atoms with Crippen molar-refractivity contribution >= 4 is 23.4 Å². The van der Waals surface area contributed by atoms with E-state index >= 15 is 0 Å². The predicted molar refractivity (Wildman–Crippen MR) is 91.7 cm³/mol. The number of halogens is 1. The average molecular weight is 329 g/mol. The van der Waals surface area contributed by atoms with Gasteiger partial charge in [0.2, 0.25) is 5.95 Å². The molecule has 0 aliphatic heterocycles. The molecule has 2 aromatic heterocycles. The molecule has 23 heavy (non-hydrogen) atoms. The third-order valence-corrected chi connectivity index (χ3v) is 3.54. The van der Waals surface area contributed by atoms with Crippen molar-refractivity contribution in [3.05, 3.63) is 71.3 Å². The van der Waals surface area contributed by atoms with E-state index in [-0.39, 0.29) is 0 Å². The fraction of sp³-hybridized carbons (Fsp3) is 0.176. The molecule has 5 nitrogen and oxygen atoms in total. The minimum absolute atomic E-state index is 0.557. The van der Waals surface area contributed by atoms with Crippen LogP contribution in [-0.2, 0) is 13.0 Å². The molecule has 3 aromatic rings. The lowest BCUT2D eigenvalue weighted by atomic mass is 10.1. The van der Waals surface area contributed by atoms with E-state index in [0.717, 1.165) is 29.6 Å². The van der Waals surface area contributed by atoms with Crippen molar-refractivity contribution in [1.29, 1.82) is 0 Å². The highest BCUT2D eigenvalue weighted by atomic mass is 35.5. The van der Waals surface area contributed by atoms with Crippen molar-refractivity contribution in [2.75, 3.05) is 17.2 Å². The molecule has 6 heteroatoms. The van der Waals surface area contributed by atoms with E-state index in [2.05, 4.69) is 20.6 Å². The van der Waals surface area contributed by atoms with Crippen LogP contribution in [0.4, 0.5) is 11.8 Å². The van der Waals surface area contributed by atoms with E-state index in [1.807, 2.05) is 42.5 Å². The first-order chi connectivity index (χ1) is 11.3. The highest BCUT2D eigenvalue weighted by Crippen LogP contribution is 2.11. The van der Waals surface area contributed by atoms with Crippen LogP contribution in [0.2, 0.25) is 5.02 Å². The van der Waals surface area contributed by atoms with Gasteiger partial charge in [0.05, 0.1) is 12.8 Å². The molecule has 0 atom stereocenters. The second-order valence-electron chi connectivity index (χ2n) is 5.00. The number of hydrogen-bond donors (Lipinski definition) is 2. The highest BCUT2D eigenvalue weighted by molar-refractivity contribution is 6.30. The Morgan fingerprint density at radius 1 is 1.04 bits per heavy atom. The monoisotopic (exact) mass is 328 g/mol. The van der Waals surface area contributed by atoms with E-state index in [1.165, 1.54) is 5.56 Å². The SMILES string of the molecule is Clc1ccc(CCNc2ccnc(NCc3ccco3)n2)cc1. The summed E-state index contributed by atoms with van der Waals surface area (Å²) >= 11 is 5.88. The third kappa shape index (κ3) is 4.72. The summed E-state index contributed by atoms with van der Waals surface area (Å²) in [5, 5.41) is 7.18. The van der Waals surface area contributed by atoms with Crippen LogP contribution in [0.1, 0.15) is 11.3 Å². The first kappa shape index (κ1) is 15.4. The lowest BCUT2D eigenvalue weighted by Crippen LogP contribution is -2.09. The van der Waals surface area contributed by atoms with Gasteiger partial charge in [0, 0.05) is 17.8 Å². The molecule has 0 fully saturated rings. The van der Waals surface area contributed by atoms with Crippen molar-refractivity contribution < 1.29 is 4.42 Å². The van der Waals surface area contributed by atoms with Crippen molar-refractivity contribution in [2.24, 2.45) is 0 Å². The Labute approximate surface area is 139 Å². The first-order valence-corrected chi connectivity index (χ1v) is 7.75. The van der Waals surface area contributed by atoms with Crippen LogP contribution in [0.3, 0.4) is 0 Å². The van der Waals surface area contributed by atoms with Gasteiger partial charge in [0.1, 0.15) is 11.6 Å². The maximum Gasteiger partial charge on any atom is 0.224 e. The van der Waals surface area contributed by atoms with Crippen LogP contribution < -0.4 is 10.6 Å². The van der Waals surface area contributed by atoms with Crippen LogP contribution in [0, 0.1) is 0 Å². The maximum absolute atomic E-state index is 5.88. The number of nitrogens with zero attached hydrogens (tertiary/aromatic N) is 2. The van der Waals surface area contributed by atoms with Crippen molar-refractivity contribution in [3.63, 3.8) is 0 Å². The normalized spacial score (nSPS) is 10.5. The molecule has 0 unspecified atom stereocenters. The zero-order valence-corrected chi connectivity index (χ0v) is 13.3. The lowest BCUT2D eigenvalue weighted by Gasteiger charge is -2.08. The Bertz CT molecular complexity index is 729. The van der Waals surface area contributed by atoms with Gasteiger partial charge in [-0.1, -0.05) is 23.7 Å². The average Bonchev–Trinajstić information content (AvgIpc) is 3.09. The van der Waals surface area contributed by atoms with E-state index in [0.29, 0.717) is 12.5 Å². The summed E-state index contributed by atoms with van der Waals surface area (Å²) in [5.41, 5.74) is 1.23. The topological polar surface area (TPSA) is 63.0 Å². The summed E-state index contributed by atoms with van der Waals surface area (Å²) in [4.78, 5) is 8.62. The summed E-state index contributed by atoms with van der Waals surface area (Å²) in [6.07, 6.45) is 4.27. The van der Waals surface area contributed by atoms with E-state index in [9.17, 15) is 0 Å². The van der Waals surface area contributed by atoms with Crippen molar-refractivity contribution in [2.45, 2.75) is 13.0 Å². The van der Waals surface area contributed by atoms with Gasteiger partial charge >= 0.3 is 0 Å². The molecule has 0 radical (unpaired) electrons. The molecule has 2 N–H and O–H groups in total. The summed E-state index contributed by atoms with van der Waals surface area (Å²) in [7, 11) is 0. The van der Waals surface area contributed by atoms with Gasteiger partial charge in [-0.25, -0.2) is 4.98 Å². The fourth-order valence-corrected chi connectivity index (χ4v) is 2.23. The number of furan rings is 1. The summed E-state index contributed by atoms with van der Waals surface area (Å²) in [5.74, 6) is 2.20. The summed E-state index contributed by atoms with van der Waals surface area (Å²) < 4.78 is 5.26. The molecule has 1 aromatic carbocycles. The number of anilines is 2. The summed E-state index contributed by atoms with van der Waals surface area (Å²) in [6, 6.07) is 13.5. The molecule has 0 aliphatic rings. The van der Waals surface area contributed by atoms with Gasteiger partial charge in [-0.3, -0.25) is 0 Å². The van der Waals surface area contributed by atoms with Crippen LogP contribution >= 0.6 is 11.6 Å². The van der Waals surface area contributed by atoms with E-state index in [1.54, 1.807) is 12.5 Å². The molecule has 0 aliphatic carbocycles. The van der Waals surface area contributed by atoms with Gasteiger partial charge in [-0.05, 0) is 42.3 Å². The number of aromatic nitrogens is 2. The van der Waals surface area contributed by atoms with Crippen LogP contribution in [-0.4, -0.2) is 16.5 Å².